The van der Waals surface area contributed by atoms with Crippen molar-refractivity contribution in [3.05, 3.63) is 47.5 Å². The number of ketones is 1. The molecule has 0 aromatic heterocycles. The van der Waals surface area contributed by atoms with Gasteiger partial charge in [-0.3, -0.25) is 4.79 Å². The molecule has 1 aromatic carbocycles. The molecule has 5 heteroatoms. The molecule has 0 bridgehead atoms. The van der Waals surface area contributed by atoms with E-state index < -0.39 is 23.4 Å². The average molecular weight is 240 g/mol. The van der Waals surface area contributed by atoms with Crippen molar-refractivity contribution in [2.24, 2.45) is 0 Å². The molecule has 90 valence electrons. The van der Waals surface area contributed by atoms with Crippen LogP contribution in [0.15, 0.2) is 30.4 Å². The number of esters is 1. The van der Waals surface area contributed by atoms with Crippen LogP contribution in [-0.2, 0) is 9.53 Å². The quantitative estimate of drug-likeness (QED) is 0.460. The molecule has 0 unspecified atom stereocenters. The number of hydrogen-bond donors (Lipinski definition) is 0. The molecule has 0 spiro atoms. The fraction of sp³-hybridized carbons (Fsp3) is 0.167. The van der Waals surface area contributed by atoms with Crippen molar-refractivity contribution in [1.82, 2.24) is 0 Å². The summed E-state index contributed by atoms with van der Waals surface area (Å²) in [6, 6.07) is 2.59. The first kappa shape index (κ1) is 13.0. The van der Waals surface area contributed by atoms with Gasteiger partial charge in [0.2, 0.25) is 0 Å². The Hall–Kier alpha value is -2.04. The largest absolute Gasteiger partial charge is 0.463 e. The summed E-state index contributed by atoms with van der Waals surface area (Å²) in [5.41, 5.74) is -0.299. The highest BCUT2D eigenvalue weighted by Gasteiger charge is 2.10. The van der Waals surface area contributed by atoms with Crippen LogP contribution in [0, 0.1) is 11.6 Å². The second kappa shape index (κ2) is 5.89. The highest BCUT2D eigenvalue weighted by atomic mass is 19.1. The number of benzene rings is 1. The molecule has 0 fully saturated rings. The van der Waals surface area contributed by atoms with E-state index in [4.69, 9.17) is 0 Å². The number of halogens is 2. The normalized spacial score (nSPS) is 10.5. The van der Waals surface area contributed by atoms with Crippen molar-refractivity contribution in [3.63, 3.8) is 0 Å². The summed E-state index contributed by atoms with van der Waals surface area (Å²) in [4.78, 5) is 22.3. The summed E-state index contributed by atoms with van der Waals surface area (Å²) < 4.78 is 30.3. The molecular formula is C12H10F2O3. The van der Waals surface area contributed by atoms with Gasteiger partial charge in [-0.25, -0.2) is 13.6 Å². The number of carbonyl (C=O) groups excluding carboxylic acids is 2. The van der Waals surface area contributed by atoms with Crippen LogP contribution in [0.3, 0.4) is 0 Å². The van der Waals surface area contributed by atoms with Gasteiger partial charge in [0.25, 0.3) is 0 Å². The molecule has 1 aromatic rings. The van der Waals surface area contributed by atoms with Crippen LogP contribution in [0.2, 0.25) is 0 Å². The summed E-state index contributed by atoms with van der Waals surface area (Å²) in [5, 5.41) is 0. The van der Waals surface area contributed by atoms with Gasteiger partial charge >= 0.3 is 5.97 Å². The molecule has 0 saturated heterocycles. The van der Waals surface area contributed by atoms with Crippen molar-refractivity contribution in [2.45, 2.75) is 6.92 Å². The van der Waals surface area contributed by atoms with Crippen LogP contribution in [0.5, 0.6) is 0 Å². The predicted octanol–water partition coefficient (Wildman–Crippen LogP) is 2.27. The fourth-order valence-electron chi connectivity index (χ4n) is 1.11. The second-order valence-corrected chi connectivity index (χ2v) is 3.07. The highest BCUT2D eigenvalue weighted by molar-refractivity contribution is 6.07. The van der Waals surface area contributed by atoms with Crippen LogP contribution < -0.4 is 0 Å². The summed E-state index contributed by atoms with van der Waals surface area (Å²) in [6.07, 6.45) is 1.78. The summed E-state index contributed by atoms with van der Waals surface area (Å²) in [7, 11) is 0. The van der Waals surface area contributed by atoms with Gasteiger partial charge in [0.05, 0.1) is 12.2 Å². The molecule has 0 heterocycles. The molecule has 0 amide bonds. The molecule has 0 radical (unpaired) electrons. The zero-order chi connectivity index (χ0) is 12.8. The minimum Gasteiger partial charge on any atom is -0.463 e. The average Bonchev–Trinajstić information content (AvgIpc) is 2.26. The van der Waals surface area contributed by atoms with E-state index >= 15 is 0 Å². The number of ether oxygens (including phenoxy) is 1. The van der Waals surface area contributed by atoms with Crippen LogP contribution in [0.4, 0.5) is 8.78 Å². The van der Waals surface area contributed by atoms with E-state index in [1.807, 2.05) is 0 Å². The smallest absolute Gasteiger partial charge is 0.330 e. The van der Waals surface area contributed by atoms with E-state index in [1.165, 1.54) is 0 Å². The maximum absolute atomic E-state index is 13.2. The zero-order valence-electron chi connectivity index (χ0n) is 9.07. The SMILES string of the molecule is CCOC(=O)C=CC(=O)c1ccc(F)cc1F. The second-order valence-electron chi connectivity index (χ2n) is 3.07. The monoisotopic (exact) mass is 240 g/mol. The van der Waals surface area contributed by atoms with Crippen molar-refractivity contribution in [2.75, 3.05) is 6.61 Å². The molecular weight excluding hydrogens is 230 g/mol. The Balaban J connectivity index is 2.80. The van der Waals surface area contributed by atoms with Crippen molar-refractivity contribution in [1.29, 1.82) is 0 Å². The third kappa shape index (κ3) is 3.79. The minimum atomic E-state index is -0.969. The Kier molecular flexibility index (Phi) is 4.51. The standard InChI is InChI=1S/C12H10F2O3/c1-2-17-12(16)6-5-11(15)9-4-3-8(13)7-10(9)14/h3-7H,2H2,1H3. The molecule has 3 nitrogen and oxygen atoms in total. The zero-order valence-corrected chi connectivity index (χ0v) is 9.07. The number of rotatable bonds is 4. The van der Waals surface area contributed by atoms with E-state index in [-0.39, 0.29) is 12.2 Å². The summed E-state index contributed by atoms with van der Waals surface area (Å²) >= 11 is 0. The number of hydrogen-bond acceptors (Lipinski definition) is 3. The van der Waals surface area contributed by atoms with Gasteiger partial charge in [-0.15, -0.1) is 0 Å². The van der Waals surface area contributed by atoms with E-state index in [2.05, 4.69) is 4.74 Å². The van der Waals surface area contributed by atoms with Gasteiger partial charge in [0.1, 0.15) is 11.6 Å². The first-order valence-corrected chi connectivity index (χ1v) is 4.88. The van der Waals surface area contributed by atoms with E-state index in [0.29, 0.717) is 6.07 Å². The molecule has 0 aliphatic carbocycles. The minimum absolute atomic E-state index is 0.183. The third-order valence-electron chi connectivity index (χ3n) is 1.85. The number of carbonyl (C=O) groups is 2. The van der Waals surface area contributed by atoms with Crippen LogP contribution >= 0.6 is 0 Å². The Morgan fingerprint density at radius 1 is 1.29 bits per heavy atom. The van der Waals surface area contributed by atoms with Gasteiger partial charge in [0, 0.05) is 12.1 Å². The molecule has 1 rings (SSSR count). The maximum Gasteiger partial charge on any atom is 0.330 e. The fourth-order valence-corrected chi connectivity index (χ4v) is 1.11. The lowest BCUT2D eigenvalue weighted by Crippen LogP contribution is -2.03. The molecule has 0 saturated carbocycles. The van der Waals surface area contributed by atoms with Gasteiger partial charge in [-0.05, 0) is 25.1 Å². The molecule has 0 aliphatic rings. The van der Waals surface area contributed by atoms with Gasteiger partial charge in [-0.1, -0.05) is 0 Å². The maximum atomic E-state index is 13.2. The lowest BCUT2D eigenvalue weighted by molar-refractivity contribution is -0.137. The number of allylic oxidation sites excluding steroid dienone is 1. The Morgan fingerprint density at radius 2 is 2.00 bits per heavy atom. The molecule has 0 N–H and O–H groups in total. The third-order valence-corrected chi connectivity index (χ3v) is 1.85. The van der Waals surface area contributed by atoms with Crippen LogP contribution in [0.1, 0.15) is 17.3 Å². The van der Waals surface area contributed by atoms with Gasteiger partial charge in [-0.2, -0.15) is 0 Å². The van der Waals surface area contributed by atoms with E-state index in [1.54, 1.807) is 6.92 Å². The molecule has 17 heavy (non-hydrogen) atoms. The Bertz CT molecular complexity index is 467. The van der Waals surface area contributed by atoms with E-state index in [0.717, 1.165) is 24.3 Å². The molecule has 0 atom stereocenters. The first-order valence-electron chi connectivity index (χ1n) is 4.88. The van der Waals surface area contributed by atoms with Crippen molar-refractivity contribution < 1.29 is 23.1 Å². The van der Waals surface area contributed by atoms with Gasteiger partial charge in [0.15, 0.2) is 5.78 Å². The lowest BCUT2D eigenvalue weighted by Gasteiger charge is -1.98. The van der Waals surface area contributed by atoms with Crippen molar-refractivity contribution >= 4 is 11.8 Å². The molecule has 0 aliphatic heterocycles. The van der Waals surface area contributed by atoms with Gasteiger partial charge < -0.3 is 4.74 Å². The van der Waals surface area contributed by atoms with E-state index in [9.17, 15) is 18.4 Å². The Labute approximate surface area is 96.7 Å². The first-order chi connectivity index (χ1) is 8.04. The highest BCUT2D eigenvalue weighted by Crippen LogP contribution is 2.10. The lowest BCUT2D eigenvalue weighted by atomic mass is 10.1. The topological polar surface area (TPSA) is 43.4 Å². The van der Waals surface area contributed by atoms with Crippen LogP contribution in [-0.4, -0.2) is 18.4 Å². The van der Waals surface area contributed by atoms with Crippen LogP contribution in [0.25, 0.3) is 0 Å². The summed E-state index contributed by atoms with van der Waals surface area (Å²) in [5.74, 6) is -3.16. The Morgan fingerprint density at radius 3 is 2.59 bits per heavy atom. The summed E-state index contributed by atoms with van der Waals surface area (Å²) in [6.45, 7) is 1.80. The predicted molar refractivity (Wildman–Crippen MR) is 56.5 cm³/mol. The van der Waals surface area contributed by atoms with Crippen molar-refractivity contribution in [3.8, 4) is 0 Å².